The Morgan fingerprint density at radius 1 is 1.29 bits per heavy atom. The summed E-state index contributed by atoms with van der Waals surface area (Å²) in [6.45, 7) is 0.794. The minimum absolute atomic E-state index is 0.117. The van der Waals surface area contributed by atoms with Crippen LogP contribution in [0.3, 0.4) is 0 Å². The van der Waals surface area contributed by atoms with Crippen LogP contribution >= 0.6 is 11.3 Å². The number of nitrogens with zero attached hydrogens (tertiary/aromatic N) is 2. The SMILES string of the molecule is O=C(NCCn1cccnc1=O)c1cc2ccccc2s1. The Morgan fingerprint density at radius 2 is 2.14 bits per heavy atom. The molecule has 2 aromatic heterocycles. The molecule has 0 fully saturated rings. The highest BCUT2D eigenvalue weighted by Gasteiger charge is 2.09. The van der Waals surface area contributed by atoms with Gasteiger partial charge in [0.1, 0.15) is 0 Å². The molecule has 0 saturated heterocycles. The zero-order valence-corrected chi connectivity index (χ0v) is 12.0. The second-order valence-electron chi connectivity index (χ2n) is 4.50. The standard InChI is InChI=1S/C15H13N3O2S/c19-14(13-10-11-4-1-2-5-12(11)21-13)16-7-9-18-8-3-6-17-15(18)20/h1-6,8,10H,7,9H2,(H,16,19). The van der Waals surface area contributed by atoms with E-state index in [1.165, 1.54) is 22.1 Å². The first-order valence-corrected chi connectivity index (χ1v) is 7.34. The summed E-state index contributed by atoms with van der Waals surface area (Å²) in [5.74, 6) is -0.117. The average molecular weight is 299 g/mol. The smallest absolute Gasteiger partial charge is 0.347 e. The third-order valence-corrected chi connectivity index (χ3v) is 4.19. The van der Waals surface area contributed by atoms with Crippen molar-refractivity contribution in [2.75, 3.05) is 6.54 Å². The molecule has 1 amide bonds. The summed E-state index contributed by atoms with van der Waals surface area (Å²) in [6, 6.07) is 11.4. The molecule has 106 valence electrons. The Kier molecular flexibility index (Phi) is 3.79. The normalized spacial score (nSPS) is 10.7. The predicted molar refractivity (Wildman–Crippen MR) is 82.7 cm³/mol. The van der Waals surface area contributed by atoms with E-state index in [1.807, 2.05) is 30.3 Å². The molecule has 3 rings (SSSR count). The minimum atomic E-state index is -0.311. The van der Waals surface area contributed by atoms with Gasteiger partial charge in [-0.2, -0.15) is 0 Å². The van der Waals surface area contributed by atoms with E-state index in [0.29, 0.717) is 18.0 Å². The maximum Gasteiger partial charge on any atom is 0.347 e. The molecule has 1 aromatic carbocycles. The van der Waals surface area contributed by atoms with Crippen molar-refractivity contribution in [1.29, 1.82) is 0 Å². The van der Waals surface area contributed by atoms with Crippen molar-refractivity contribution in [1.82, 2.24) is 14.9 Å². The molecule has 2 heterocycles. The average Bonchev–Trinajstić information content (AvgIpc) is 2.93. The summed E-state index contributed by atoms with van der Waals surface area (Å²) in [7, 11) is 0. The number of hydrogen-bond donors (Lipinski definition) is 1. The molecule has 0 saturated carbocycles. The van der Waals surface area contributed by atoms with Gasteiger partial charge in [0.2, 0.25) is 0 Å². The van der Waals surface area contributed by atoms with Crippen LogP contribution in [0.15, 0.2) is 53.6 Å². The maximum absolute atomic E-state index is 12.1. The Balaban J connectivity index is 1.64. The zero-order valence-electron chi connectivity index (χ0n) is 11.2. The molecule has 0 spiro atoms. The highest BCUT2D eigenvalue weighted by Crippen LogP contribution is 2.24. The summed E-state index contributed by atoms with van der Waals surface area (Å²) in [6.07, 6.45) is 3.11. The first kappa shape index (κ1) is 13.5. The number of benzene rings is 1. The monoisotopic (exact) mass is 299 g/mol. The zero-order chi connectivity index (χ0) is 14.7. The molecular weight excluding hydrogens is 286 g/mol. The number of rotatable bonds is 4. The Labute approximate surface area is 124 Å². The number of thiophene rings is 1. The van der Waals surface area contributed by atoms with Crippen LogP contribution in [0.4, 0.5) is 0 Å². The Morgan fingerprint density at radius 3 is 2.95 bits per heavy atom. The number of nitrogens with one attached hydrogen (secondary N) is 1. The van der Waals surface area contributed by atoms with Crippen molar-refractivity contribution in [3.05, 3.63) is 64.2 Å². The van der Waals surface area contributed by atoms with Gasteiger partial charge in [-0.25, -0.2) is 9.78 Å². The molecule has 5 nitrogen and oxygen atoms in total. The van der Waals surface area contributed by atoms with Crippen molar-refractivity contribution in [3.8, 4) is 0 Å². The third-order valence-electron chi connectivity index (χ3n) is 3.07. The van der Waals surface area contributed by atoms with Crippen molar-refractivity contribution in [2.45, 2.75) is 6.54 Å². The molecular formula is C15H13N3O2S. The molecule has 0 radical (unpaired) electrons. The van der Waals surface area contributed by atoms with Crippen LogP contribution in [0, 0.1) is 0 Å². The van der Waals surface area contributed by atoms with E-state index < -0.39 is 0 Å². The molecule has 0 aliphatic carbocycles. The van der Waals surface area contributed by atoms with Gasteiger partial charge in [0.05, 0.1) is 4.88 Å². The lowest BCUT2D eigenvalue weighted by atomic mass is 10.2. The van der Waals surface area contributed by atoms with E-state index in [-0.39, 0.29) is 11.6 Å². The van der Waals surface area contributed by atoms with Gasteiger partial charge < -0.3 is 5.32 Å². The summed E-state index contributed by atoms with van der Waals surface area (Å²) < 4.78 is 2.55. The summed E-state index contributed by atoms with van der Waals surface area (Å²) in [5.41, 5.74) is -0.311. The lowest BCUT2D eigenvalue weighted by Crippen LogP contribution is -2.30. The first-order chi connectivity index (χ1) is 10.2. The predicted octanol–water partition coefficient (Wildman–Crippen LogP) is 1.89. The molecule has 0 atom stereocenters. The van der Waals surface area contributed by atoms with Crippen LogP contribution in [0.25, 0.3) is 10.1 Å². The number of fused-ring (bicyclic) bond motifs is 1. The lowest BCUT2D eigenvalue weighted by Gasteiger charge is -2.05. The quantitative estimate of drug-likeness (QED) is 0.800. The Bertz CT molecular complexity index is 805. The highest BCUT2D eigenvalue weighted by molar-refractivity contribution is 7.20. The van der Waals surface area contributed by atoms with Gasteiger partial charge in [-0.3, -0.25) is 9.36 Å². The van der Waals surface area contributed by atoms with E-state index in [1.54, 1.807) is 12.3 Å². The topological polar surface area (TPSA) is 64.0 Å². The van der Waals surface area contributed by atoms with Gasteiger partial charge in [-0.1, -0.05) is 18.2 Å². The van der Waals surface area contributed by atoms with Crippen molar-refractivity contribution < 1.29 is 4.79 Å². The van der Waals surface area contributed by atoms with Gasteiger partial charge in [0.25, 0.3) is 5.91 Å². The van der Waals surface area contributed by atoms with Crippen molar-refractivity contribution in [2.24, 2.45) is 0 Å². The molecule has 1 N–H and O–H groups in total. The van der Waals surface area contributed by atoms with Gasteiger partial charge in [-0.15, -0.1) is 11.3 Å². The molecule has 3 aromatic rings. The number of carbonyl (C=O) groups is 1. The molecule has 6 heteroatoms. The second-order valence-corrected chi connectivity index (χ2v) is 5.58. The van der Waals surface area contributed by atoms with Crippen LogP contribution in [0.5, 0.6) is 0 Å². The maximum atomic E-state index is 12.1. The molecule has 0 aliphatic heterocycles. The van der Waals surface area contributed by atoms with E-state index in [4.69, 9.17) is 0 Å². The minimum Gasteiger partial charge on any atom is -0.350 e. The fourth-order valence-electron chi connectivity index (χ4n) is 2.03. The van der Waals surface area contributed by atoms with E-state index in [2.05, 4.69) is 10.3 Å². The third kappa shape index (κ3) is 3.00. The fourth-order valence-corrected chi connectivity index (χ4v) is 3.01. The van der Waals surface area contributed by atoms with E-state index in [0.717, 1.165) is 10.1 Å². The first-order valence-electron chi connectivity index (χ1n) is 6.52. The number of amides is 1. The molecule has 0 bridgehead atoms. The fraction of sp³-hybridized carbons (Fsp3) is 0.133. The number of carbonyl (C=O) groups excluding carboxylic acids is 1. The molecule has 21 heavy (non-hydrogen) atoms. The molecule has 0 unspecified atom stereocenters. The summed E-state index contributed by atoms with van der Waals surface area (Å²) in [4.78, 5) is 27.8. The Hall–Kier alpha value is -2.47. The van der Waals surface area contributed by atoms with Crippen molar-refractivity contribution >= 4 is 27.3 Å². The van der Waals surface area contributed by atoms with Crippen LogP contribution < -0.4 is 11.0 Å². The van der Waals surface area contributed by atoms with Crippen molar-refractivity contribution in [3.63, 3.8) is 0 Å². The summed E-state index contributed by atoms with van der Waals surface area (Å²) >= 11 is 1.46. The molecule has 0 aliphatic rings. The van der Waals surface area contributed by atoms with Crippen LogP contribution in [-0.2, 0) is 6.54 Å². The van der Waals surface area contributed by atoms with Gasteiger partial charge in [-0.05, 0) is 23.6 Å². The van der Waals surface area contributed by atoms with E-state index >= 15 is 0 Å². The second kappa shape index (κ2) is 5.88. The van der Waals surface area contributed by atoms with Crippen LogP contribution in [-0.4, -0.2) is 22.0 Å². The number of aromatic nitrogens is 2. The van der Waals surface area contributed by atoms with Gasteiger partial charge >= 0.3 is 5.69 Å². The van der Waals surface area contributed by atoms with Crippen LogP contribution in [0.1, 0.15) is 9.67 Å². The summed E-state index contributed by atoms with van der Waals surface area (Å²) in [5, 5.41) is 3.89. The van der Waals surface area contributed by atoms with E-state index in [9.17, 15) is 9.59 Å². The van der Waals surface area contributed by atoms with Gasteiger partial charge in [0.15, 0.2) is 0 Å². The lowest BCUT2D eigenvalue weighted by molar-refractivity contribution is 0.0956. The van der Waals surface area contributed by atoms with Gasteiger partial charge in [0, 0.05) is 30.2 Å². The largest absolute Gasteiger partial charge is 0.350 e. The highest BCUT2D eigenvalue weighted by atomic mass is 32.1. The van der Waals surface area contributed by atoms with Crippen LogP contribution in [0.2, 0.25) is 0 Å². The number of hydrogen-bond acceptors (Lipinski definition) is 4.